The van der Waals surface area contributed by atoms with Gasteiger partial charge in [0, 0.05) is 24.2 Å². The number of phenolic OH excluding ortho intramolecular Hbond substituents is 1. The fourth-order valence-electron chi connectivity index (χ4n) is 2.45. The minimum atomic E-state index is 0.276. The zero-order valence-corrected chi connectivity index (χ0v) is 10.2. The summed E-state index contributed by atoms with van der Waals surface area (Å²) in [5.74, 6) is 1.12. The second-order valence-corrected chi connectivity index (χ2v) is 4.74. The predicted molar refractivity (Wildman–Crippen MR) is 72.9 cm³/mol. The Hall–Kier alpha value is -1.81. The third kappa shape index (κ3) is 2.24. The predicted octanol–water partition coefficient (Wildman–Crippen LogP) is 2.10. The maximum absolute atomic E-state index is 9.57. The lowest BCUT2D eigenvalue weighted by Gasteiger charge is -2.13. The number of nitrogens with one attached hydrogen (secondary N) is 2. The summed E-state index contributed by atoms with van der Waals surface area (Å²) in [6.45, 7) is 1.98. The van der Waals surface area contributed by atoms with Gasteiger partial charge in [-0.2, -0.15) is 0 Å². The van der Waals surface area contributed by atoms with Gasteiger partial charge in [-0.1, -0.05) is 6.07 Å². The first kappa shape index (κ1) is 11.3. The van der Waals surface area contributed by atoms with Crippen LogP contribution in [-0.2, 0) is 0 Å². The molecule has 0 aliphatic carbocycles. The van der Waals surface area contributed by atoms with Crippen molar-refractivity contribution >= 4 is 16.6 Å². The summed E-state index contributed by atoms with van der Waals surface area (Å²) in [5, 5.41) is 18.4. The van der Waals surface area contributed by atoms with Gasteiger partial charge < -0.3 is 15.7 Å². The highest BCUT2D eigenvalue weighted by molar-refractivity contribution is 5.92. The van der Waals surface area contributed by atoms with Crippen LogP contribution in [0.2, 0.25) is 0 Å². The molecule has 1 aliphatic heterocycles. The second kappa shape index (κ2) is 4.82. The summed E-state index contributed by atoms with van der Waals surface area (Å²) in [6, 6.07) is 7.84. The van der Waals surface area contributed by atoms with Gasteiger partial charge >= 0.3 is 0 Å². The number of rotatable bonds is 3. The van der Waals surface area contributed by atoms with E-state index in [2.05, 4.69) is 15.6 Å². The summed E-state index contributed by atoms with van der Waals surface area (Å²) in [5.41, 5.74) is 0. The lowest BCUT2D eigenvalue weighted by molar-refractivity contribution is 0.476. The molecule has 1 fully saturated rings. The molecule has 94 valence electrons. The van der Waals surface area contributed by atoms with E-state index in [0.29, 0.717) is 6.04 Å². The summed E-state index contributed by atoms with van der Waals surface area (Å²) < 4.78 is 0. The van der Waals surface area contributed by atoms with Crippen LogP contribution in [0.1, 0.15) is 12.8 Å². The fraction of sp³-hybridized carbons (Fsp3) is 0.357. The molecular formula is C14H17N3O. The van der Waals surface area contributed by atoms with Gasteiger partial charge in [0.25, 0.3) is 0 Å². The molecule has 2 heterocycles. The van der Waals surface area contributed by atoms with Gasteiger partial charge in [-0.15, -0.1) is 0 Å². The molecule has 1 aromatic heterocycles. The third-order valence-corrected chi connectivity index (χ3v) is 3.43. The summed E-state index contributed by atoms with van der Waals surface area (Å²) in [6.07, 6.45) is 4.25. The van der Waals surface area contributed by atoms with E-state index in [1.807, 2.05) is 12.1 Å². The van der Waals surface area contributed by atoms with E-state index in [1.54, 1.807) is 18.3 Å². The fourth-order valence-corrected chi connectivity index (χ4v) is 2.45. The first-order chi connectivity index (χ1) is 8.83. The van der Waals surface area contributed by atoms with Crippen molar-refractivity contribution in [1.29, 1.82) is 0 Å². The Labute approximate surface area is 106 Å². The molecule has 0 saturated carbocycles. The molecular weight excluding hydrogens is 226 g/mol. The van der Waals surface area contributed by atoms with E-state index in [9.17, 15) is 5.11 Å². The van der Waals surface area contributed by atoms with Crippen LogP contribution < -0.4 is 10.6 Å². The van der Waals surface area contributed by atoms with Crippen LogP contribution in [0, 0.1) is 0 Å². The Morgan fingerprint density at radius 3 is 3.17 bits per heavy atom. The van der Waals surface area contributed by atoms with Gasteiger partial charge in [0.15, 0.2) is 0 Å². The molecule has 1 saturated heterocycles. The number of fused-ring (bicyclic) bond motifs is 1. The molecule has 2 aromatic rings. The highest BCUT2D eigenvalue weighted by atomic mass is 16.3. The largest absolute Gasteiger partial charge is 0.508 e. The van der Waals surface area contributed by atoms with Crippen molar-refractivity contribution in [2.75, 3.05) is 18.4 Å². The van der Waals surface area contributed by atoms with Gasteiger partial charge in [0.1, 0.15) is 11.6 Å². The number of aromatic hydroxyl groups is 1. The first-order valence-corrected chi connectivity index (χ1v) is 6.38. The smallest absolute Gasteiger partial charge is 0.134 e. The van der Waals surface area contributed by atoms with Gasteiger partial charge in [0.05, 0.1) is 0 Å². The SMILES string of the molecule is Oc1ccc2ccnc(NCC3CCCN3)c2c1. The highest BCUT2D eigenvalue weighted by Gasteiger charge is 2.14. The first-order valence-electron chi connectivity index (χ1n) is 6.38. The van der Waals surface area contributed by atoms with Crippen LogP contribution in [0.3, 0.4) is 0 Å². The molecule has 3 N–H and O–H groups in total. The van der Waals surface area contributed by atoms with Crippen molar-refractivity contribution in [1.82, 2.24) is 10.3 Å². The Kier molecular flexibility index (Phi) is 3.02. The highest BCUT2D eigenvalue weighted by Crippen LogP contribution is 2.25. The normalized spacial score (nSPS) is 19.2. The Balaban J connectivity index is 1.84. The molecule has 1 unspecified atom stereocenters. The molecule has 1 aliphatic rings. The van der Waals surface area contributed by atoms with Crippen molar-refractivity contribution in [3.63, 3.8) is 0 Å². The molecule has 4 heteroatoms. The summed E-state index contributed by atoms with van der Waals surface area (Å²) in [4.78, 5) is 4.36. The Morgan fingerprint density at radius 2 is 2.33 bits per heavy atom. The van der Waals surface area contributed by atoms with Crippen molar-refractivity contribution in [3.05, 3.63) is 30.5 Å². The van der Waals surface area contributed by atoms with Crippen LogP contribution in [0.4, 0.5) is 5.82 Å². The van der Waals surface area contributed by atoms with Crippen LogP contribution in [0.15, 0.2) is 30.5 Å². The van der Waals surface area contributed by atoms with E-state index in [0.717, 1.165) is 29.7 Å². The third-order valence-electron chi connectivity index (χ3n) is 3.43. The van der Waals surface area contributed by atoms with E-state index in [4.69, 9.17) is 0 Å². The monoisotopic (exact) mass is 243 g/mol. The van der Waals surface area contributed by atoms with Crippen molar-refractivity contribution in [2.24, 2.45) is 0 Å². The number of aromatic nitrogens is 1. The Morgan fingerprint density at radius 1 is 1.39 bits per heavy atom. The summed E-state index contributed by atoms with van der Waals surface area (Å²) >= 11 is 0. The van der Waals surface area contributed by atoms with Gasteiger partial charge in [-0.05, 0) is 43.0 Å². The number of pyridine rings is 1. The topological polar surface area (TPSA) is 57.2 Å². The van der Waals surface area contributed by atoms with Crippen LogP contribution in [0.25, 0.3) is 10.8 Å². The van der Waals surface area contributed by atoms with Crippen LogP contribution in [-0.4, -0.2) is 29.2 Å². The second-order valence-electron chi connectivity index (χ2n) is 4.74. The van der Waals surface area contributed by atoms with Gasteiger partial charge in [-0.25, -0.2) is 4.98 Å². The quantitative estimate of drug-likeness (QED) is 0.772. The lowest BCUT2D eigenvalue weighted by atomic mass is 10.1. The average Bonchev–Trinajstić information content (AvgIpc) is 2.89. The molecule has 3 rings (SSSR count). The molecule has 0 spiro atoms. The molecule has 18 heavy (non-hydrogen) atoms. The number of benzene rings is 1. The number of phenols is 1. The average molecular weight is 243 g/mol. The zero-order valence-electron chi connectivity index (χ0n) is 10.2. The minimum absolute atomic E-state index is 0.276. The number of hydrogen-bond donors (Lipinski definition) is 3. The number of anilines is 1. The van der Waals surface area contributed by atoms with Crippen molar-refractivity contribution in [3.8, 4) is 5.75 Å². The molecule has 0 radical (unpaired) electrons. The van der Waals surface area contributed by atoms with Gasteiger partial charge in [0.2, 0.25) is 0 Å². The van der Waals surface area contributed by atoms with Crippen molar-refractivity contribution < 1.29 is 5.11 Å². The van der Waals surface area contributed by atoms with Gasteiger partial charge in [-0.3, -0.25) is 0 Å². The molecule has 4 nitrogen and oxygen atoms in total. The number of hydrogen-bond acceptors (Lipinski definition) is 4. The molecule has 0 bridgehead atoms. The van der Waals surface area contributed by atoms with E-state index in [1.165, 1.54) is 12.8 Å². The van der Waals surface area contributed by atoms with E-state index >= 15 is 0 Å². The standard InChI is InChI=1S/C14H17N3O/c18-12-4-3-10-5-7-16-14(13(10)8-12)17-9-11-2-1-6-15-11/h3-5,7-8,11,15,18H,1-2,6,9H2,(H,16,17). The zero-order chi connectivity index (χ0) is 12.4. The van der Waals surface area contributed by atoms with E-state index in [-0.39, 0.29) is 5.75 Å². The van der Waals surface area contributed by atoms with Crippen molar-refractivity contribution in [2.45, 2.75) is 18.9 Å². The minimum Gasteiger partial charge on any atom is -0.508 e. The molecule has 1 atom stereocenters. The maximum atomic E-state index is 9.57. The number of nitrogens with zero attached hydrogens (tertiary/aromatic N) is 1. The lowest BCUT2D eigenvalue weighted by Crippen LogP contribution is -2.29. The Bertz CT molecular complexity index is 550. The summed E-state index contributed by atoms with van der Waals surface area (Å²) in [7, 11) is 0. The molecule has 1 aromatic carbocycles. The van der Waals surface area contributed by atoms with Crippen LogP contribution >= 0.6 is 0 Å². The van der Waals surface area contributed by atoms with Crippen LogP contribution in [0.5, 0.6) is 5.75 Å². The maximum Gasteiger partial charge on any atom is 0.134 e. The van der Waals surface area contributed by atoms with E-state index < -0.39 is 0 Å². The molecule has 0 amide bonds.